The zero-order valence-electron chi connectivity index (χ0n) is 24.7. The normalized spacial score (nSPS) is 17.9. The number of hydrogen-bond acceptors (Lipinski definition) is 10. The van der Waals surface area contributed by atoms with Crippen molar-refractivity contribution in [2.24, 2.45) is 9.98 Å². The number of anilines is 2. The lowest BCUT2D eigenvalue weighted by molar-refractivity contribution is -0.135. The van der Waals surface area contributed by atoms with E-state index in [4.69, 9.17) is 23.2 Å². The zero-order chi connectivity index (χ0) is 34.5. The van der Waals surface area contributed by atoms with Crippen LogP contribution in [0.5, 0.6) is 0 Å². The number of methoxy groups -OCH3 is 2. The lowest BCUT2D eigenvalue weighted by atomic mass is 10.2. The lowest BCUT2D eigenvalue weighted by Crippen LogP contribution is -2.31. The SMILES string of the molecule is COC(=O)/C=C1\SC(=NC(=O)c2ccc(Cl)cc2)N(c2ccc(N3C(=O)/C(=C/C(=O)OC)SC3=NC(=O)c3ccc(Cl)cc3)cc2)C1=O. The Morgan fingerprint density at radius 2 is 0.938 bits per heavy atom. The summed E-state index contributed by atoms with van der Waals surface area (Å²) in [6, 6.07) is 17.9. The van der Waals surface area contributed by atoms with Crippen molar-refractivity contribution in [1.29, 1.82) is 0 Å². The Hall–Kier alpha value is -5.02. The highest BCUT2D eigenvalue weighted by Crippen LogP contribution is 2.39. The summed E-state index contributed by atoms with van der Waals surface area (Å²) in [5.74, 6) is -4.22. The highest BCUT2D eigenvalue weighted by atomic mass is 35.5. The van der Waals surface area contributed by atoms with Crippen molar-refractivity contribution in [2.75, 3.05) is 24.0 Å². The van der Waals surface area contributed by atoms with Crippen molar-refractivity contribution in [2.45, 2.75) is 0 Å². The van der Waals surface area contributed by atoms with Crippen LogP contribution < -0.4 is 9.80 Å². The second kappa shape index (κ2) is 14.8. The Morgan fingerprint density at radius 1 is 0.604 bits per heavy atom. The molecule has 2 aliphatic rings. The first-order chi connectivity index (χ1) is 23.0. The van der Waals surface area contributed by atoms with E-state index in [1.165, 1.54) is 72.8 Å². The van der Waals surface area contributed by atoms with Gasteiger partial charge in [-0.2, -0.15) is 9.98 Å². The number of amides is 4. The largest absolute Gasteiger partial charge is 0.466 e. The first-order valence-corrected chi connectivity index (χ1v) is 15.9. The minimum Gasteiger partial charge on any atom is -0.466 e. The molecule has 0 spiro atoms. The molecular weight excluding hydrogens is 703 g/mol. The maximum atomic E-state index is 13.5. The Balaban J connectivity index is 1.52. The second-order valence-electron chi connectivity index (χ2n) is 9.48. The van der Waals surface area contributed by atoms with Gasteiger partial charge in [0.15, 0.2) is 10.3 Å². The summed E-state index contributed by atoms with van der Waals surface area (Å²) in [4.78, 5) is 87.3. The molecule has 3 aromatic carbocycles. The Kier molecular flexibility index (Phi) is 10.6. The third-order valence-corrected chi connectivity index (χ3v) is 8.90. The molecule has 0 unspecified atom stereocenters. The number of halogens is 2. The van der Waals surface area contributed by atoms with E-state index in [1.807, 2.05) is 0 Å². The molecule has 0 bridgehead atoms. The summed E-state index contributed by atoms with van der Waals surface area (Å²) in [5, 5.41) is 0.740. The summed E-state index contributed by atoms with van der Waals surface area (Å²) in [7, 11) is 2.31. The van der Waals surface area contributed by atoms with Gasteiger partial charge in [0.05, 0.1) is 35.4 Å². The predicted molar refractivity (Wildman–Crippen MR) is 183 cm³/mol. The average Bonchev–Trinajstić information content (AvgIpc) is 3.54. The fourth-order valence-electron chi connectivity index (χ4n) is 4.12. The van der Waals surface area contributed by atoms with E-state index in [0.29, 0.717) is 10.0 Å². The molecule has 2 heterocycles. The topological polar surface area (TPSA) is 152 Å². The van der Waals surface area contributed by atoms with Crippen LogP contribution in [0.1, 0.15) is 20.7 Å². The van der Waals surface area contributed by atoms with Crippen LogP contribution in [-0.2, 0) is 28.7 Å². The fraction of sp³-hybridized carbons (Fsp3) is 0.0625. The maximum absolute atomic E-state index is 13.5. The van der Waals surface area contributed by atoms with Crippen LogP contribution in [0.25, 0.3) is 0 Å². The van der Waals surface area contributed by atoms with Crippen molar-refractivity contribution >= 4 is 104 Å². The first kappa shape index (κ1) is 34.3. The van der Waals surface area contributed by atoms with Gasteiger partial charge >= 0.3 is 11.9 Å². The fourth-order valence-corrected chi connectivity index (χ4v) is 6.25. The molecular formula is C32H20Cl2N4O8S2. The van der Waals surface area contributed by atoms with Crippen molar-refractivity contribution in [3.8, 4) is 0 Å². The summed E-state index contributed by atoms with van der Waals surface area (Å²) >= 11 is 13.4. The molecule has 0 N–H and O–H groups in total. The third-order valence-electron chi connectivity index (χ3n) is 6.46. The first-order valence-electron chi connectivity index (χ1n) is 13.5. The molecule has 48 heavy (non-hydrogen) atoms. The van der Waals surface area contributed by atoms with E-state index in [1.54, 1.807) is 0 Å². The van der Waals surface area contributed by atoms with Crippen LogP contribution in [0.3, 0.4) is 0 Å². The predicted octanol–water partition coefficient (Wildman–Crippen LogP) is 5.66. The number of hydrogen-bond donors (Lipinski definition) is 0. The van der Waals surface area contributed by atoms with Crippen LogP contribution in [0.2, 0.25) is 10.0 Å². The van der Waals surface area contributed by atoms with Gasteiger partial charge in [-0.25, -0.2) is 9.59 Å². The van der Waals surface area contributed by atoms with Crippen LogP contribution in [0.15, 0.2) is 105 Å². The molecule has 12 nitrogen and oxygen atoms in total. The van der Waals surface area contributed by atoms with E-state index in [0.717, 1.165) is 59.7 Å². The summed E-state index contributed by atoms with van der Waals surface area (Å²) in [6.07, 6.45) is 1.97. The van der Waals surface area contributed by atoms with Crippen LogP contribution in [-0.4, -0.2) is 60.1 Å². The lowest BCUT2D eigenvalue weighted by Gasteiger charge is -2.19. The standard InChI is InChI=1S/C32H20Cl2N4O8S2/c1-45-25(39)15-23-29(43)37(31(47-23)35-27(41)17-3-7-19(33)8-4-17)21-11-13-22(14-12-21)38-30(44)24(16-26(40)46-2)48-32(38)36-28(42)18-5-9-20(34)10-6-18/h3-16H,1-2H3/b23-15-,24-16-,35-31?,36-32?. The molecule has 0 saturated carbocycles. The summed E-state index contributed by atoms with van der Waals surface area (Å²) in [6.45, 7) is 0. The van der Waals surface area contributed by atoms with Gasteiger partial charge in [-0.15, -0.1) is 0 Å². The summed E-state index contributed by atoms with van der Waals surface area (Å²) in [5.41, 5.74) is 0.878. The number of amidine groups is 2. The number of nitrogens with zero attached hydrogens (tertiary/aromatic N) is 4. The molecule has 16 heteroatoms. The zero-order valence-corrected chi connectivity index (χ0v) is 27.9. The van der Waals surface area contributed by atoms with Crippen molar-refractivity contribution in [1.82, 2.24) is 0 Å². The minimum atomic E-state index is -0.785. The highest BCUT2D eigenvalue weighted by Gasteiger charge is 2.38. The van der Waals surface area contributed by atoms with Gasteiger partial charge in [0.2, 0.25) is 0 Å². The van der Waals surface area contributed by atoms with Crippen molar-refractivity contribution < 1.29 is 38.2 Å². The van der Waals surface area contributed by atoms with Gasteiger partial charge in [0, 0.05) is 33.3 Å². The van der Waals surface area contributed by atoms with Gasteiger partial charge in [0.1, 0.15) is 0 Å². The Morgan fingerprint density at radius 3 is 1.25 bits per heavy atom. The molecule has 0 atom stereocenters. The smallest absolute Gasteiger partial charge is 0.331 e. The number of benzene rings is 3. The number of carbonyl (C=O) groups excluding carboxylic acids is 6. The number of carbonyl (C=O) groups is 6. The van der Waals surface area contributed by atoms with Gasteiger partial charge in [0.25, 0.3) is 23.6 Å². The summed E-state index contributed by atoms with van der Waals surface area (Å²) < 4.78 is 9.32. The monoisotopic (exact) mass is 722 g/mol. The highest BCUT2D eigenvalue weighted by molar-refractivity contribution is 8.19. The van der Waals surface area contributed by atoms with Crippen LogP contribution >= 0.6 is 46.7 Å². The number of thioether (sulfide) groups is 2. The molecule has 2 fully saturated rings. The maximum Gasteiger partial charge on any atom is 0.331 e. The van der Waals surface area contributed by atoms with E-state index >= 15 is 0 Å². The quantitative estimate of drug-likeness (QED) is 0.230. The Bertz CT molecular complexity index is 1830. The van der Waals surface area contributed by atoms with E-state index in [2.05, 4.69) is 19.5 Å². The third kappa shape index (κ3) is 7.58. The second-order valence-corrected chi connectivity index (χ2v) is 12.4. The number of aliphatic imine (C=N–C) groups is 2. The van der Waals surface area contributed by atoms with Gasteiger partial charge in [-0.3, -0.25) is 29.0 Å². The number of rotatable bonds is 6. The van der Waals surface area contributed by atoms with E-state index in [9.17, 15) is 28.8 Å². The van der Waals surface area contributed by atoms with Crippen molar-refractivity contribution in [3.05, 3.63) is 116 Å². The molecule has 0 aromatic heterocycles. The molecule has 2 aliphatic heterocycles. The molecule has 3 aromatic rings. The number of ether oxygens (including phenoxy) is 2. The average molecular weight is 724 g/mol. The molecule has 0 aliphatic carbocycles. The van der Waals surface area contributed by atoms with E-state index < -0.39 is 35.6 Å². The minimum absolute atomic E-state index is 0.0465. The number of esters is 2. The van der Waals surface area contributed by atoms with Crippen LogP contribution in [0.4, 0.5) is 11.4 Å². The van der Waals surface area contributed by atoms with Crippen LogP contribution in [0, 0.1) is 0 Å². The van der Waals surface area contributed by atoms with Gasteiger partial charge in [-0.1, -0.05) is 23.2 Å². The van der Waals surface area contributed by atoms with Gasteiger partial charge in [-0.05, 0) is 96.3 Å². The molecule has 0 radical (unpaired) electrons. The van der Waals surface area contributed by atoms with E-state index in [-0.39, 0.29) is 42.6 Å². The Labute approximate surface area is 291 Å². The van der Waals surface area contributed by atoms with Gasteiger partial charge < -0.3 is 9.47 Å². The van der Waals surface area contributed by atoms with Crippen molar-refractivity contribution in [3.63, 3.8) is 0 Å². The molecule has 2 saturated heterocycles. The molecule has 4 amide bonds. The molecule has 242 valence electrons. The molecule has 5 rings (SSSR count).